The van der Waals surface area contributed by atoms with Crippen LogP contribution in [0.5, 0.6) is 0 Å². The average molecular weight is 400 g/mol. The lowest BCUT2D eigenvalue weighted by atomic mass is 10.0. The quantitative estimate of drug-likeness (QED) is 0.741. The number of hydrogen-bond donors (Lipinski definition) is 0. The minimum Gasteiger partial charge on any atom is -0.378 e. The second-order valence-electron chi connectivity index (χ2n) is 6.40. The fraction of sp³-hybridized carbons (Fsp3) is 0.238. The molecule has 0 aromatic heterocycles. The van der Waals surface area contributed by atoms with E-state index in [1.165, 1.54) is 0 Å². The summed E-state index contributed by atoms with van der Waals surface area (Å²) in [6.45, 7) is 3.55. The van der Waals surface area contributed by atoms with Gasteiger partial charge >= 0.3 is 0 Å². The third kappa shape index (κ3) is 4.41. The van der Waals surface area contributed by atoms with Crippen LogP contribution >= 0.6 is 23.2 Å². The van der Waals surface area contributed by atoms with Gasteiger partial charge in [0.1, 0.15) is 0 Å². The van der Waals surface area contributed by atoms with Gasteiger partial charge in [-0.25, -0.2) is 9.98 Å². The van der Waals surface area contributed by atoms with E-state index < -0.39 is 0 Å². The monoisotopic (exact) mass is 399 g/mol. The van der Waals surface area contributed by atoms with Crippen molar-refractivity contribution in [2.75, 3.05) is 32.8 Å². The molecule has 6 heteroatoms. The highest BCUT2D eigenvalue weighted by atomic mass is 35.5. The summed E-state index contributed by atoms with van der Waals surface area (Å²) in [5.74, 6) is 0.753. The van der Waals surface area contributed by atoms with Crippen molar-refractivity contribution in [2.45, 2.75) is 0 Å². The lowest BCUT2D eigenvalue weighted by molar-refractivity contribution is 0.0675. The third-order valence-corrected chi connectivity index (χ3v) is 5.08. The van der Waals surface area contributed by atoms with Crippen LogP contribution in [-0.4, -0.2) is 49.4 Å². The summed E-state index contributed by atoms with van der Waals surface area (Å²) >= 11 is 12.1. The van der Waals surface area contributed by atoms with E-state index in [4.69, 9.17) is 37.9 Å². The first-order valence-electron chi connectivity index (χ1n) is 8.87. The van der Waals surface area contributed by atoms with Crippen molar-refractivity contribution in [3.05, 3.63) is 75.8 Å². The SMILES string of the molecule is Clc1ccc(C2=CC(c3ccc(Cl)cc3)=NC(N3CCOCC3)=NC2)cc1. The molecule has 0 unspecified atom stereocenters. The largest absolute Gasteiger partial charge is 0.378 e. The summed E-state index contributed by atoms with van der Waals surface area (Å²) in [6.07, 6.45) is 2.10. The number of morpholine rings is 1. The van der Waals surface area contributed by atoms with Gasteiger partial charge in [-0.2, -0.15) is 0 Å². The Labute approximate surface area is 168 Å². The van der Waals surface area contributed by atoms with E-state index in [9.17, 15) is 0 Å². The van der Waals surface area contributed by atoms with Crippen LogP contribution < -0.4 is 0 Å². The van der Waals surface area contributed by atoms with Crippen LogP contribution in [0.15, 0.2) is 64.6 Å². The molecule has 2 aromatic rings. The van der Waals surface area contributed by atoms with Crippen molar-refractivity contribution in [1.29, 1.82) is 0 Å². The Morgan fingerprint density at radius 1 is 0.815 bits per heavy atom. The van der Waals surface area contributed by atoms with E-state index >= 15 is 0 Å². The predicted octanol–water partition coefficient (Wildman–Crippen LogP) is 4.57. The Balaban J connectivity index is 1.74. The molecule has 1 fully saturated rings. The fourth-order valence-electron chi connectivity index (χ4n) is 3.08. The summed E-state index contributed by atoms with van der Waals surface area (Å²) < 4.78 is 5.46. The van der Waals surface area contributed by atoms with Gasteiger partial charge in [-0.1, -0.05) is 47.5 Å². The van der Waals surface area contributed by atoms with E-state index in [0.29, 0.717) is 24.8 Å². The average Bonchev–Trinajstić information content (AvgIpc) is 2.93. The zero-order valence-electron chi connectivity index (χ0n) is 14.7. The first-order chi connectivity index (χ1) is 13.2. The van der Waals surface area contributed by atoms with Crippen molar-refractivity contribution in [1.82, 2.24) is 4.90 Å². The molecule has 0 atom stereocenters. The maximum atomic E-state index is 6.06. The number of nitrogens with zero attached hydrogens (tertiary/aromatic N) is 3. The number of guanidine groups is 1. The normalized spacial score (nSPS) is 17.7. The van der Waals surface area contributed by atoms with Gasteiger partial charge in [0.2, 0.25) is 5.96 Å². The fourth-order valence-corrected chi connectivity index (χ4v) is 3.34. The summed E-state index contributed by atoms with van der Waals surface area (Å²) in [5.41, 5.74) is 4.07. The molecule has 0 N–H and O–H groups in total. The maximum Gasteiger partial charge on any atom is 0.221 e. The molecule has 138 valence electrons. The molecule has 0 saturated carbocycles. The first kappa shape index (κ1) is 18.2. The van der Waals surface area contributed by atoms with E-state index in [-0.39, 0.29) is 0 Å². The smallest absolute Gasteiger partial charge is 0.221 e. The van der Waals surface area contributed by atoms with Crippen molar-refractivity contribution in [2.24, 2.45) is 9.98 Å². The number of aliphatic imine (C=N–C) groups is 2. The van der Waals surface area contributed by atoms with Crippen LogP contribution in [0.1, 0.15) is 11.1 Å². The molecular weight excluding hydrogens is 381 g/mol. The second kappa shape index (κ2) is 8.26. The Hall–Kier alpha value is -2.14. The van der Waals surface area contributed by atoms with Crippen molar-refractivity contribution in [3.8, 4) is 0 Å². The second-order valence-corrected chi connectivity index (χ2v) is 7.27. The molecule has 0 bridgehead atoms. The number of hydrogen-bond acceptors (Lipinski definition) is 4. The van der Waals surface area contributed by atoms with Gasteiger partial charge in [-0.05, 0) is 41.5 Å². The van der Waals surface area contributed by atoms with Gasteiger partial charge in [0.15, 0.2) is 0 Å². The van der Waals surface area contributed by atoms with Gasteiger partial charge < -0.3 is 9.64 Å². The van der Waals surface area contributed by atoms with Crippen molar-refractivity contribution < 1.29 is 4.74 Å². The van der Waals surface area contributed by atoms with Gasteiger partial charge in [0.05, 0.1) is 25.5 Å². The van der Waals surface area contributed by atoms with E-state index in [2.05, 4.69) is 11.0 Å². The van der Waals surface area contributed by atoms with E-state index in [1.807, 2.05) is 48.5 Å². The summed E-state index contributed by atoms with van der Waals surface area (Å²) in [4.78, 5) is 11.9. The van der Waals surface area contributed by atoms with Crippen LogP contribution in [-0.2, 0) is 4.74 Å². The maximum absolute atomic E-state index is 6.06. The number of halogens is 2. The molecule has 4 rings (SSSR count). The molecular formula is C21H19Cl2N3O. The minimum absolute atomic E-state index is 0.564. The van der Waals surface area contributed by atoms with E-state index in [1.54, 1.807) is 0 Å². The molecule has 27 heavy (non-hydrogen) atoms. The Morgan fingerprint density at radius 3 is 2.04 bits per heavy atom. The molecule has 0 spiro atoms. The van der Waals surface area contributed by atoms with Crippen LogP contribution in [0.2, 0.25) is 10.0 Å². The van der Waals surface area contributed by atoms with Crippen molar-refractivity contribution >= 4 is 40.4 Å². The lowest BCUT2D eigenvalue weighted by Gasteiger charge is -2.27. The minimum atomic E-state index is 0.564. The highest BCUT2D eigenvalue weighted by Gasteiger charge is 2.18. The Kier molecular flexibility index (Phi) is 5.58. The van der Waals surface area contributed by atoms with Crippen molar-refractivity contribution in [3.63, 3.8) is 0 Å². The molecule has 0 amide bonds. The van der Waals surface area contributed by atoms with Gasteiger partial charge in [-0.3, -0.25) is 0 Å². The molecule has 1 saturated heterocycles. The third-order valence-electron chi connectivity index (χ3n) is 4.57. The first-order valence-corrected chi connectivity index (χ1v) is 9.63. The van der Waals surface area contributed by atoms with Gasteiger partial charge in [-0.15, -0.1) is 0 Å². The predicted molar refractivity (Wildman–Crippen MR) is 112 cm³/mol. The molecule has 2 aromatic carbocycles. The number of ether oxygens (including phenoxy) is 1. The van der Waals surface area contributed by atoms with Gasteiger partial charge in [0.25, 0.3) is 0 Å². The van der Waals surface area contributed by atoms with E-state index in [0.717, 1.165) is 46.5 Å². The highest BCUT2D eigenvalue weighted by molar-refractivity contribution is 6.31. The van der Waals surface area contributed by atoms with Crippen LogP contribution in [0.3, 0.4) is 0 Å². The molecule has 2 aliphatic rings. The van der Waals surface area contributed by atoms with Crippen LogP contribution in [0, 0.1) is 0 Å². The van der Waals surface area contributed by atoms with Crippen LogP contribution in [0.25, 0.3) is 5.57 Å². The summed E-state index contributed by atoms with van der Waals surface area (Å²) in [6, 6.07) is 15.6. The molecule has 4 nitrogen and oxygen atoms in total. The molecule has 2 heterocycles. The Bertz CT molecular complexity index is 896. The number of allylic oxidation sites excluding steroid dienone is 1. The summed E-state index contributed by atoms with van der Waals surface area (Å²) in [5, 5.41) is 1.43. The zero-order chi connectivity index (χ0) is 18.6. The topological polar surface area (TPSA) is 37.2 Å². The van der Waals surface area contributed by atoms with Gasteiger partial charge in [0, 0.05) is 28.7 Å². The highest BCUT2D eigenvalue weighted by Crippen LogP contribution is 2.22. The lowest BCUT2D eigenvalue weighted by Crippen LogP contribution is -2.40. The zero-order valence-corrected chi connectivity index (χ0v) is 16.2. The van der Waals surface area contributed by atoms with Crippen LogP contribution in [0.4, 0.5) is 0 Å². The number of benzene rings is 2. The molecule has 0 aliphatic carbocycles. The Morgan fingerprint density at radius 2 is 1.41 bits per heavy atom. The number of rotatable bonds is 2. The summed E-state index contributed by atoms with van der Waals surface area (Å²) in [7, 11) is 0. The molecule has 2 aliphatic heterocycles. The molecule has 0 radical (unpaired) electrons. The standard InChI is InChI=1S/C21H19Cl2N3O/c22-18-5-1-15(2-6-18)17-13-20(16-3-7-19(23)8-4-16)25-21(24-14-17)26-9-11-27-12-10-26/h1-8,13H,9-12,14H2.